The van der Waals surface area contributed by atoms with Crippen LogP contribution in [0.15, 0.2) is 12.1 Å². The van der Waals surface area contributed by atoms with E-state index in [9.17, 15) is 4.79 Å². The summed E-state index contributed by atoms with van der Waals surface area (Å²) in [5, 5.41) is 0.606. The van der Waals surface area contributed by atoms with Gasteiger partial charge in [0.1, 0.15) is 0 Å². The third-order valence-corrected chi connectivity index (χ3v) is 4.04. The minimum absolute atomic E-state index is 0.0635. The van der Waals surface area contributed by atoms with Crippen molar-refractivity contribution >= 4 is 23.2 Å². The topological polar surface area (TPSA) is 46.3 Å². The molecule has 3 rings (SSSR count). The Morgan fingerprint density at radius 2 is 2.18 bits per heavy atom. The van der Waals surface area contributed by atoms with Crippen molar-refractivity contribution in [2.75, 3.05) is 5.73 Å². The highest BCUT2D eigenvalue weighted by atomic mass is 35.5. The molecule has 1 amide bonds. The van der Waals surface area contributed by atoms with Crippen LogP contribution in [-0.2, 0) is 6.54 Å². The summed E-state index contributed by atoms with van der Waals surface area (Å²) in [6, 6.07) is 3.82. The Morgan fingerprint density at radius 3 is 2.82 bits per heavy atom. The van der Waals surface area contributed by atoms with Crippen LogP contribution in [0.1, 0.15) is 35.7 Å². The molecule has 1 aliphatic heterocycles. The second-order valence-electron chi connectivity index (χ2n) is 5.04. The Morgan fingerprint density at radius 1 is 1.47 bits per heavy atom. The molecule has 0 bridgehead atoms. The Bertz CT molecular complexity index is 496. The molecule has 2 aliphatic rings. The van der Waals surface area contributed by atoms with E-state index in [0.717, 1.165) is 5.56 Å². The van der Waals surface area contributed by atoms with Crippen LogP contribution in [0.4, 0.5) is 5.69 Å². The molecule has 2 N–H and O–H groups in total. The van der Waals surface area contributed by atoms with Gasteiger partial charge in [0.15, 0.2) is 0 Å². The summed E-state index contributed by atoms with van der Waals surface area (Å²) in [4.78, 5) is 14.2. The number of anilines is 1. The minimum Gasteiger partial charge on any atom is -0.398 e. The van der Waals surface area contributed by atoms with Crippen molar-refractivity contribution in [1.29, 1.82) is 0 Å². The number of rotatable bonds is 2. The fraction of sp³-hybridized carbons (Fsp3) is 0.462. The summed E-state index contributed by atoms with van der Waals surface area (Å²) >= 11 is 5.97. The van der Waals surface area contributed by atoms with Gasteiger partial charge in [-0.3, -0.25) is 4.79 Å². The molecule has 0 radical (unpaired) electrons. The zero-order valence-electron chi connectivity index (χ0n) is 9.74. The van der Waals surface area contributed by atoms with Crippen molar-refractivity contribution in [2.24, 2.45) is 5.92 Å². The molecule has 3 nitrogen and oxygen atoms in total. The number of fused-ring (bicyclic) bond motifs is 1. The van der Waals surface area contributed by atoms with E-state index in [1.807, 2.05) is 11.0 Å². The molecule has 0 spiro atoms. The number of carbonyl (C=O) groups is 1. The van der Waals surface area contributed by atoms with Crippen LogP contribution in [0.2, 0.25) is 5.02 Å². The van der Waals surface area contributed by atoms with Crippen LogP contribution in [0.3, 0.4) is 0 Å². The van der Waals surface area contributed by atoms with E-state index in [4.69, 9.17) is 17.3 Å². The number of nitrogen functional groups attached to an aromatic ring is 1. The SMILES string of the molecule is CC(C1CC1)N1Cc2cc(Cl)cc(N)c2C1=O. The lowest BCUT2D eigenvalue weighted by Gasteiger charge is -2.23. The molecule has 90 valence electrons. The molecule has 17 heavy (non-hydrogen) atoms. The van der Waals surface area contributed by atoms with E-state index in [1.165, 1.54) is 12.8 Å². The van der Waals surface area contributed by atoms with Gasteiger partial charge in [-0.2, -0.15) is 0 Å². The van der Waals surface area contributed by atoms with Crippen LogP contribution < -0.4 is 5.73 Å². The van der Waals surface area contributed by atoms with E-state index in [1.54, 1.807) is 6.07 Å². The zero-order chi connectivity index (χ0) is 12.2. The van der Waals surface area contributed by atoms with E-state index >= 15 is 0 Å². The zero-order valence-corrected chi connectivity index (χ0v) is 10.5. The summed E-state index contributed by atoms with van der Waals surface area (Å²) in [6.45, 7) is 2.77. The molecule has 0 aromatic heterocycles. The summed E-state index contributed by atoms with van der Waals surface area (Å²) < 4.78 is 0. The molecule has 1 heterocycles. The first-order valence-corrected chi connectivity index (χ1v) is 6.34. The van der Waals surface area contributed by atoms with Crippen LogP contribution in [0.25, 0.3) is 0 Å². The number of nitrogens with zero attached hydrogens (tertiary/aromatic N) is 1. The summed E-state index contributed by atoms with van der Waals surface area (Å²) in [5.41, 5.74) is 8.01. The predicted molar refractivity (Wildman–Crippen MR) is 67.9 cm³/mol. The molecule has 1 aliphatic carbocycles. The highest BCUT2D eigenvalue weighted by Gasteiger charge is 2.39. The van der Waals surface area contributed by atoms with Gasteiger partial charge in [-0.25, -0.2) is 0 Å². The first kappa shape index (κ1) is 10.9. The van der Waals surface area contributed by atoms with E-state index < -0.39 is 0 Å². The van der Waals surface area contributed by atoms with Gasteiger partial charge in [-0.15, -0.1) is 0 Å². The number of carbonyl (C=O) groups excluding carboxylic acids is 1. The van der Waals surface area contributed by atoms with Crippen LogP contribution in [-0.4, -0.2) is 16.8 Å². The number of hydrogen-bond donors (Lipinski definition) is 1. The van der Waals surface area contributed by atoms with Crippen molar-refractivity contribution in [1.82, 2.24) is 4.90 Å². The fourth-order valence-corrected chi connectivity index (χ4v) is 2.88. The lowest BCUT2D eigenvalue weighted by Crippen LogP contribution is -2.34. The quantitative estimate of drug-likeness (QED) is 0.821. The lowest BCUT2D eigenvalue weighted by atomic mass is 10.1. The van der Waals surface area contributed by atoms with Gasteiger partial charge < -0.3 is 10.6 Å². The Labute approximate surface area is 106 Å². The van der Waals surface area contributed by atoms with Crippen molar-refractivity contribution in [3.63, 3.8) is 0 Å². The molecule has 1 fully saturated rings. The highest BCUT2D eigenvalue weighted by molar-refractivity contribution is 6.31. The second kappa shape index (κ2) is 3.64. The third-order valence-electron chi connectivity index (χ3n) is 3.83. The maximum Gasteiger partial charge on any atom is 0.256 e. The largest absolute Gasteiger partial charge is 0.398 e. The minimum atomic E-state index is 0.0635. The van der Waals surface area contributed by atoms with Crippen molar-refractivity contribution in [3.8, 4) is 0 Å². The molecule has 1 saturated carbocycles. The fourth-order valence-electron chi connectivity index (χ4n) is 2.63. The third kappa shape index (κ3) is 1.69. The molecule has 1 aromatic carbocycles. The number of nitrogens with two attached hydrogens (primary N) is 1. The van der Waals surface area contributed by atoms with Gasteiger partial charge >= 0.3 is 0 Å². The first-order valence-electron chi connectivity index (χ1n) is 5.97. The number of benzene rings is 1. The molecule has 0 saturated heterocycles. The molecule has 1 unspecified atom stereocenters. The molecule has 1 aromatic rings. The van der Waals surface area contributed by atoms with Gasteiger partial charge in [-0.05, 0) is 43.4 Å². The normalized spacial score (nSPS) is 20.6. The van der Waals surface area contributed by atoms with Crippen molar-refractivity contribution < 1.29 is 4.79 Å². The average Bonchev–Trinajstić information content (AvgIpc) is 3.03. The maximum absolute atomic E-state index is 12.3. The van der Waals surface area contributed by atoms with Gasteiger partial charge in [0, 0.05) is 23.3 Å². The Kier molecular flexibility index (Phi) is 2.33. The monoisotopic (exact) mass is 250 g/mol. The standard InChI is InChI=1S/C13H15ClN2O/c1-7(8-2-3-8)16-6-9-4-10(14)5-11(15)12(9)13(16)17/h4-5,7-8H,2-3,6,15H2,1H3. The van der Waals surface area contributed by atoms with E-state index in [-0.39, 0.29) is 5.91 Å². The van der Waals surface area contributed by atoms with Gasteiger partial charge in [-0.1, -0.05) is 11.6 Å². The Balaban J connectivity index is 1.96. The Hall–Kier alpha value is -1.22. The second-order valence-corrected chi connectivity index (χ2v) is 5.48. The smallest absolute Gasteiger partial charge is 0.256 e. The molecular weight excluding hydrogens is 236 g/mol. The van der Waals surface area contributed by atoms with Crippen molar-refractivity contribution in [3.05, 3.63) is 28.3 Å². The highest BCUT2D eigenvalue weighted by Crippen LogP contribution is 2.39. The van der Waals surface area contributed by atoms with E-state index in [0.29, 0.717) is 34.8 Å². The lowest BCUT2D eigenvalue weighted by molar-refractivity contribution is 0.0698. The summed E-state index contributed by atoms with van der Waals surface area (Å²) in [7, 11) is 0. The first-order chi connectivity index (χ1) is 8.08. The summed E-state index contributed by atoms with van der Waals surface area (Å²) in [5.74, 6) is 0.735. The summed E-state index contributed by atoms with van der Waals surface area (Å²) in [6.07, 6.45) is 2.47. The maximum atomic E-state index is 12.3. The van der Waals surface area contributed by atoms with Crippen molar-refractivity contribution in [2.45, 2.75) is 32.4 Å². The van der Waals surface area contributed by atoms with Gasteiger partial charge in [0.2, 0.25) is 0 Å². The predicted octanol–water partition coefficient (Wildman–Crippen LogP) is 2.68. The van der Waals surface area contributed by atoms with Crippen LogP contribution in [0.5, 0.6) is 0 Å². The van der Waals surface area contributed by atoms with E-state index in [2.05, 4.69) is 6.92 Å². The molecule has 1 atom stereocenters. The van der Waals surface area contributed by atoms with Gasteiger partial charge in [0.25, 0.3) is 5.91 Å². The van der Waals surface area contributed by atoms with Gasteiger partial charge in [0.05, 0.1) is 5.56 Å². The number of hydrogen-bond acceptors (Lipinski definition) is 2. The molecular formula is C13H15ClN2O. The van der Waals surface area contributed by atoms with Crippen LogP contribution in [0, 0.1) is 5.92 Å². The van der Waals surface area contributed by atoms with Crippen LogP contribution >= 0.6 is 11.6 Å². The number of halogens is 1. The number of amides is 1. The average molecular weight is 251 g/mol. The molecule has 4 heteroatoms.